The van der Waals surface area contributed by atoms with Crippen LogP contribution >= 0.6 is 0 Å². The smallest absolute Gasteiger partial charge is 0.412 e. The van der Waals surface area contributed by atoms with E-state index in [0.717, 1.165) is 40.8 Å². The molecule has 5 nitrogen and oxygen atoms in total. The number of carbonyl (C=O) groups excluding carboxylic acids is 1. The van der Waals surface area contributed by atoms with Gasteiger partial charge in [0.15, 0.2) is 6.23 Å². The second-order valence-corrected chi connectivity index (χ2v) is 5.45. The number of fused-ring (bicyclic) bond motifs is 1. The van der Waals surface area contributed by atoms with Crippen LogP contribution in [0.1, 0.15) is 28.7 Å². The Morgan fingerprint density at radius 1 is 1.20 bits per heavy atom. The number of ether oxygens (including phenoxy) is 2. The molecule has 0 radical (unpaired) electrons. The predicted octanol–water partition coefficient (Wildman–Crippen LogP) is 2.42. The normalized spacial score (nSPS) is 21.4. The summed E-state index contributed by atoms with van der Waals surface area (Å²) in [5, 5.41) is 10.1. The largest absolute Gasteiger partial charge is 0.507 e. The Balaban J connectivity index is 1.97. The third-order valence-corrected chi connectivity index (χ3v) is 4.38. The zero-order valence-electron chi connectivity index (χ0n) is 12.0. The first kappa shape index (κ1) is 13.1. The van der Waals surface area contributed by atoms with Gasteiger partial charge in [0.1, 0.15) is 18.1 Å². The molecule has 0 aromatic heterocycles. The minimum atomic E-state index is -0.302. The lowest BCUT2D eigenvalue weighted by atomic mass is 9.92. The summed E-state index contributed by atoms with van der Waals surface area (Å²) in [4.78, 5) is 13.3. The molecule has 0 aliphatic carbocycles. The van der Waals surface area contributed by atoms with Crippen LogP contribution in [-0.2, 0) is 11.2 Å². The zero-order chi connectivity index (χ0) is 14.4. The van der Waals surface area contributed by atoms with E-state index in [4.69, 9.17) is 9.47 Å². The van der Waals surface area contributed by atoms with Crippen molar-refractivity contribution in [2.45, 2.75) is 39.8 Å². The zero-order valence-corrected chi connectivity index (χ0v) is 12.0. The van der Waals surface area contributed by atoms with E-state index < -0.39 is 0 Å². The van der Waals surface area contributed by atoms with Crippen LogP contribution in [-0.4, -0.2) is 35.5 Å². The van der Waals surface area contributed by atoms with E-state index in [0.29, 0.717) is 18.9 Å². The molecule has 20 heavy (non-hydrogen) atoms. The van der Waals surface area contributed by atoms with Gasteiger partial charge in [0.25, 0.3) is 0 Å². The van der Waals surface area contributed by atoms with Crippen LogP contribution in [0.3, 0.4) is 0 Å². The summed E-state index contributed by atoms with van der Waals surface area (Å²) in [6, 6.07) is 0. The first-order valence-corrected chi connectivity index (χ1v) is 6.92. The molecule has 1 saturated heterocycles. The molecule has 1 N–H and O–H groups in total. The maximum atomic E-state index is 11.6. The molecule has 1 amide bonds. The number of cyclic esters (lactones) is 1. The van der Waals surface area contributed by atoms with Crippen molar-refractivity contribution in [2.24, 2.45) is 0 Å². The molecule has 1 atom stereocenters. The highest BCUT2D eigenvalue weighted by molar-refractivity contribution is 5.69. The van der Waals surface area contributed by atoms with Crippen molar-refractivity contribution in [1.82, 2.24) is 4.90 Å². The Morgan fingerprint density at radius 3 is 2.60 bits per heavy atom. The quantitative estimate of drug-likeness (QED) is 0.856. The van der Waals surface area contributed by atoms with Crippen LogP contribution in [0.4, 0.5) is 4.79 Å². The Bertz CT molecular complexity index is 582. The molecule has 1 unspecified atom stereocenters. The molecule has 1 aromatic rings. The summed E-state index contributed by atoms with van der Waals surface area (Å²) in [7, 11) is 0. The maximum Gasteiger partial charge on any atom is 0.412 e. The number of amides is 1. The van der Waals surface area contributed by atoms with Crippen molar-refractivity contribution in [3.8, 4) is 11.5 Å². The van der Waals surface area contributed by atoms with Crippen molar-refractivity contribution < 1.29 is 19.4 Å². The maximum absolute atomic E-state index is 11.6. The van der Waals surface area contributed by atoms with E-state index in [1.54, 1.807) is 4.90 Å². The van der Waals surface area contributed by atoms with Crippen molar-refractivity contribution in [3.63, 3.8) is 0 Å². The third kappa shape index (κ3) is 1.80. The fourth-order valence-electron chi connectivity index (χ4n) is 2.98. The molecule has 2 aliphatic heterocycles. The Labute approximate surface area is 118 Å². The number of rotatable bonds is 1. The number of phenols is 1. The van der Waals surface area contributed by atoms with E-state index in [2.05, 4.69) is 0 Å². The van der Waals surface area contributed by atoms with Crippen LogP contribution in [0, 0.1) is 20.8 Å². The molecule has 2 aliphatic rings. The van der Waals surface area contributed by atoms with Crippen molar-refractivity contribution in [1.29, 1.82) is 0 Å². The van der Waals surface area contributed by atoms with Crippen LogP contribution in [0.5, 0.6) is 11.5 Å². The van der Waals surface area contributed by atoms with E-state index >= 15 is 0 Å². The lowest BCUT2D eigenvalue weighted by Gasteiger charge is -2.33. The highest BCUT2D eigenvalue weighted by Gasteiger charge is 2.35. The monoisotopic (exact) mass is 277 g/mol. The molecule has 0 spiro atoms. The molecular weight excluding hydrogens is 258 g/mol. The van der Waals surface area contributed by atoms with E-state index in [9.17, 15) is 9.90 Å². The SMILES string of the molecule is Cc1c(C)c2c(c(C)c1O)CCC(N1CCOC1=O)O2. The van der Waals surface area contributed by atoms with E-state index in [1.807, 2.05) is 20.8 Å². The van der Waals surface area contributed by atoms with Crippen molar-refractivity contribution in [3.05, 3.63) is 22.3 Å². The van der Waals surface area contributed by atoms with Crippen LogP contribution in [0.15, 0.2) is 0 Å². The number of hydrogen-bond acceptors (Lipinski definition) is 4. The fourth-order valence-corrected chi connectivity index (χ4v) is 2.98. The summed E-state index contributed by atoms with van der Waals surface area (Å²) in [5.74, 6) is 1.16. The second kappa shape index (κ2) is 4.58. The van der Waals surface area contributed by atoms with Crippen molar-refractivity contribution in [2.75, 3.05) is 13.2 Å². The molecule has 108 valence electrons. The second-order valence-electron chi connectivity index (χ2n) is 5.45. The molecule has 3 rings (SSSR count). The summed E-state index contributed by atoms with van der Waals surface area (Å²) in [6.45, 7) is 6.74. The third-order valence-electron chi connectivity index (χ3n) is 4.38. The van der Waals surface area contributed by atoms with Crippen LogP contribution in [0.2, 0.25) is 0 Å². The van der Waals surface area contributed by atoms with Gasteiger partial charge in [-0.1, -0.05) is 0 Å². The molecular formula is C15H19NO4. The van der Waals surface area contributed by atoms with Gasteiger partial charge in [-0.3, -0.25) is 4.90 Å². The average Bonchev–Trinajstić information content (AvgIpc) is 2.88. The van der Waals surface area contributed by atoms with Gasteiger partial charge in [-0.15, -0.1) is 0 Å². The number of nitrogens with zero attached hydrogens (tertiary/aromatic N) is 1. The molecule has 1 aromatic carbocycles. The molecule has 1 fully saturated rings. The van der Waals surface area contributed by atoms with Crippen LogP contribution in [0.25, 0.3) is 0 Å². The van der Waals surface area contributed by atoms with Gasteiger partial charge in [-0.25, -0.2) is 4.79 Å². The first-order valence-electron chi connectivity index (χ1n) is 6.92. The minimum Gasteiger partial charge on any atom is -0.507 e. The number of benzene rings is 1. The summed E-state index contributed by atoms with van der Waals surface area (Å²) in [6.07, 6.45) is 0.956. The lowest BCUT2D eigenvalue weighted by Crippen LogP contribution is -2.42. The average molecular weight is 277 g/mol. The number of aromatic hydroxyl groups is 1. The molecule has 2 heterocycles. The predicted molar refractivity (Wildman–Crippen MR) is 73.1 cm³/mol. The molecule has 5 heteroatoms. The Morgan fingerprint density at radius 2 is 1.95 bits per heavy atom. The van der Waals surface area contributed by atoms with Gasteiger partial charge in [0.2, 0.25) is 0 Å². The number of phenolic OH excluding ortho intramolecular Hbond substituents is 1. The standard InChI is InChI=1S/C15H19NO4/c1-8-9(2)14-11(10(3)13(8)17)4-5-12(20-14)16-6-7-19-15(16)18/h12,17H,4-7H2,1-3H3. The molecule has 0 bridgehead atoms. The van der Waals surface area contributed by atoms with Gasteiger partial charge >= 0.3 is 6.09 Å². The topological polar surface area (TPSA) is 59.0 Å². The van der Waals surface area contributed by atoms with Crippen LogP contribution < -0.4 is 4.74 Å². The molecule has 0 saturated carbocycles. The lowest BCUT2D eigenvalue weighted by molar-refractivity contribution is 0.0410. The van der Waals surface area contributed by atoms with Gasteiger partial charge < -0.3 is 14.6 Å². The minimum absolute atomic E-state index is 0.264. The van der Waals surface area contributed by atoms with Gasteiger partial charge in [0.05, 0.1) is 6.54 Å². The Kier molecular flexibility index (Phi) is 3.00. The summed E-state index contributed by atoms with van der Waals surface area (Å²) < 4.78 is 11.0. The van der Waals surface area contributed by atoms with E-state index in [-0.39, 0.29) is 12.3 Å². The van der Waals surface area contributed by atoms with E-state index in [1.165, 1.54) is 0 Å². The first-order chi connectivity index (χ1) is 9.50. The summed E-state index contributed by atoms with van der Waals surface area (Å²) in [5.41, 5.74) is 3.71. The van der Waals surface area contributed by atoms with Gasteiger partial charge in [0, 0.05) is 12.0 Å². The van der Waals surface area contributed by atoms with Gasteiger partial charge in [-0.05, 0) is 43.9 Å². The fraction of sp³-hybridized carbons (Fsp3) is 0.533. The Hall–Kier alpha value is -1.91. The number of carbonyl (C=O) groups is 1. The summed E-state index contributed by atoms with van der Waals surface area (Å²) >= 11 is 0. The van der Waals surface area contributed by atoms with Crippen molar-refractivity contribution >= 4 is 6.09 Å². The van der Waals surface area contributed by atoms with Gasteiger partial charge in [-0.2, -0.15) is 0 Å². The highest BCUT2D eigenvalue weighted by Crippen LogP contribution is 2.41. The highest BCUT2D eigenvalue weighted by atomic mass is 16.6. The number of hydrogen-bond donors (Lipinski definition) is 1.